The number of hydrogen-bond donors (Lipinski definition) is 0. The summed E-state index contributed by atoms with van der Waals surface area (Å²) in [5.41, 5.74) is 2.31. The molecule has 1 heterocycles. The van der Waals surface area contributed by atoms with Crippen LogP contribution in [-0.4, -0.2) is 28.9 Å². The second-order valence-electron chi connectivity index (χ2n) is 5.85. The molecule has 3 nitrogen and oxygen atoms in total. The molecular weight excluding hydrogens is 279 g/mol. The van der Waals surface area contributed by atoms with Crippen LogP contribution in [-0.2, 0) is 6.42 Å². The van der Waals surface area contributed by atoms with Crippen LogP contribution in [0, 0.1) is 5.82 Å². The number of rotatable bonds is 4. The van der Waals surface area contributed by atoms with Gasteiger partial charge in [0.05, 0.1) is 5.56 Å². The Bertz CT molecular complexity index is 665. The zero-order chi connectivity index (χ0) is 15.5. The van der Waals surface area contributed by atoms with Gasteiger partial charge in [-0.2, -0.15) is 0 Å². The Hall–Kier alpha value is -2.23. The standard InChI is InChI=1S/C18H19FN2O/c1-21(17-6-3-7-17)18(22)14-8-9-16(20-12-14)11-13-4-2-5-15(19)10-13/h2,4-5,8-10,12,17H,3,6-7,11H2,1H3. The summed E-state index contributed by atoms with van der Waals surface area (Å²) < 4.78 is 13.2. The van der Waals surface area contributed by atoms with Crippen LogP contribution in [0.3, 0.4) is 0 Å². The Labute approximate surface area is 129 Å². The zero-order valence-corrected chi connectivity index (χ0v) is 12.6. The molecule has 3 rings (SSSR count). The molecule has 0 aliphatic heterocycles. The molecule has 0 radical (unpaired) electrons. The second-order valence-corrected chi connectivity index (χ2v) is 5.85. The Kier molecular flexibility index (Phi) is 4.18. The molecule has 0 unspecified atom stereocenters. The SMILES string of the molecule is CN(C(=O)c1ccc(Cc2cccc(F)c2)nc1)C1CCC1. The van der Waals surface area contributed by atoms with E-state index in [4.69, 9.17) is 0 Å². The lowest BCUT2D eigenvalue weighted by molar-refractivity contribution is 0.0651. The molecule has 1 amide bonds. The van der Waals surface area contributed by atoms with Crippen molar-refractivity contribution in [2.24, 2.45) is 0 Å². The van der Waals surface area contributed by atoms with E-state index in [0.29, 0.717) is 18.0 Å². The van der Waals surface area contributed by atoms with Crippen molar-refractivity contribution in [2.45, 2.75) is 31.7 Å². The maximum absolute atomic E-state index is 13.2. The van der Waals surface area contributed by atoms with Crippen molar-refractivity contribution in [3.05, 3.63) is 65.2 Å². The lowest BCUT2D eigenvalue weighted by Crippen LogP contribution is -2.41. The molecule has 1 aliphatic carbocycles. The van der Waals surface area contributed by atoms with E-state index < -0.39 is 0 Å². The molecule has 114 valence electrons. The van der Waals surface area contributed by atoms with Crippen molar-refractivity contribution in [1.29, 1.82) is 0 Å². The lowest BCUT2D eigenvalue weighted by Gasteiger charge is -2.34. The number of amides is 1. The molecule has 2 aromatic rings. The van der Waals surface area contributed by atoms with Gasteiger partial charge in [0.1, 0.15) is 5.82 Å². The average molecular weight is 298 g/mol. The first kappa shape index (κ1) is 14.7. The van der Waals surface area contributed by atoms with Crippen LogP contribution in [0.4, 0.5) is 4.39 Å². The highest BCUT2D eigenvalue weighted by Gasteiger charge is 2.26. The molecule has 0 bridgehead atoms. The topological polar surface area (TPSA) is 33.2 Å². The summed E-state index contributed by atoms with van der Waals surface area (Å²) >= 11 is 0. The van der Waals surface area contributed by atoms with Gasteiger partial charge in [0.25, 0.3) is 5.91 Å². The fourth-order valence-corrected chi connectivity index (χ4v) is 2.66. The van der Waals surface area contributed by atoms with Crippen molar-refractivity contribution in [1.82, 2.24) is 9.88 Å². The quantitative estimate of drug-likeness (QED) is 0.866. The number of pyridine rings is 1. The highest BCUT2D eigenvalue weighted by molar-refractivity contribution is 5.94. The van der Waals surface area contributed by atoms with E-state index in [9.17, 15) is 9.18 Å². The van der Waals surface area contributed by atoms with E-state index in [1.807, 2.05) is 24.1 Å². The highest BCUT2D eigenvalue weighted by atomic mass is 19.1. The van der Waals surface area contributed by atoms with E-state index in [1.165, 1.54) is 18.6 Å². The summed E-state index contributed by atoms with van der Waals surface area (Å²) in [6.07, 6.45) is 5.56. The highest BCUT2D eigenvalue weighted by Crippen LogP contribution is 2.24. The first-order valence-electron chi connectivity index (χ1n) is 7.60. The third kappa shape index (κ3) is 3.16. The van der Waals surface area contributed by atoms with Crippen LogP contribution < -0.4 is 0 Å². The van der Waals surface area contributed by atoms with Gasteiger partial charge in [-0.25, -0.2) is 4.39 Å². The summed E-state index contributed by atoms with van der Waals surface area (Å²) in [7, 11) is 1.85. The average Bonchev–Trinajstić information content (AvgIpc) is 2.45. The largest absolute Gasteiger partial charge is 0.339 e. The van der Waals surface area contributed by atoms with E-state index >= 15 is 0 Å². The van der Waals surface area contributed by atoms with Gasteiger partial charge in [-0.1, -0.05) is 12.1 Å². The number of nitrogens with zero attached hydrogens (tertiary/aromatic N) is 2. The molecule has 1 aromatic heterocycles. The van der Waals surface area contributed by atoms with Gasteiger partial charge >= 0.3 is 0 Å². The van der Waals surface area contributed by atoms with Gasteiger partial charge in [0.2, 0.25) is 0 Å². The van der Waals surface area contributed by atoms with Gasteiger partial charge in [-0.05, 0) is 49.1 Å². The molecule has 0 spiro atoms. The van der Waals surface area contributed by atoms with Crippen LogP contribution >= 0.6 is 0 Å². The second kappa shape index (κ2) is 6.26. The van der Waals surface area contributed by atoms with Crippen molar-refractivity contribution in [3.8, 4) is 0 Å². The van der Waals surface area contributed by atoms with Gasteiger partial charge in [0.15, 0.2) is 0 Å². The minimum Gasteiger partial charge on any atom is -0.339 e. The molecule has 1 fully saturated rings. The molecule has 0 N–H and O–H groups in total. The number of halogens is 1. The molecule has 1 saturated carbocycles. The third-order valence-electron chi connectivity index (χ3n) is 4.29. The van der Waals surface area contributed by atoms with Gasteiger partial charge < -0.3 is 4.90 Å². The van der Waals surface area contributed by atoms with E-state index in [1.54, 1.807) is 18.3 Å². The predicted octanol–water partition coefficient (Wildman–Crippen LogP) is 3.44. The smallest absolute Gasteiger partial charge is 0.255 e. The van der Waals surface area contributed by atoms with Crippen LogP contribution in [0.25, 0.3) is 0 Å². The van der Waals surface area contributed by atoms with Crippen molar-refractivity contribution >= 4 is 5.91 Å². The van der Waals surface area contributed by atoms with Crippen LogP contribution in [0.2, 0.25) is 0 Å². The fourth-order valence-electron chi connectivity index (χ4n) is 2.66. The van der Waals surface area contributed by atoms with E-state index in [2.05, 4.69) is 4.98 Å². The minimum absolute atomic E-state index is 0.0227. The predicted molar refractivity (Wildman–Crippen MR) is 83.2 cm³/mol. The van der Waals surface area contributed by atoms with Crippen molar-refractivity contribution < 1.29 is 9.18 Å². The summed E-state index contributed by atoms with van der Waals surface area (Å²) in [5, 5.41) is 0. The van der Waals surface area contributed by atoms with Crippen molar-refractivity contribution in [2.75, 3.05) is 7.05 Å². The number of carbonyl (C=O) groups is 1. The summed E-state index contributed by atoms with van der Waals surface area (Å²) in [4.78, 5) is 18.5. The molecular formula is C18H19FN2O. The lowest BCUT2D eigenvalue weighted by atomic mass is 9.91. The summed E-state index contributed by atoms with van der Waals surface area (Å²) in [6, 6.07) is 10.5. The maximum atomic E-state index is 13.2. The maximum Gasteiger partial charge on any atom is 0.255 e. The number of benzene rings is 1. The van der Waals surface area contributed by atoms with Crippen LogP contribution in [0.5, 0.6) is 0 Å². The number of hydrogen-bond acceptors (Lipinski definition) is 2. The van der Waals surface area contributed by atoms with Crippen LogP contribution in [0.15, 0.2) is 42.6 Å². The summed E-state index contributed by atoms with van der Waals surface area (Å²) in [6.45, 7) is 0. The Morgan fingerprint density at radius 2 is 2.14 bits per heavy atom. The fraction of sp³-hybridized carbons (Fsp3) is 0.333. The number of carbonyl (C=O) groups excluding carboxylic acids is 1. The van der Waals surface area contributed by atoms with Gasteiger partial charge in [-0.15, -0.1) is 0 Å². The van der Waals surface area contributed by atoms with Gasteiger partial charge in [0, 0.05) is 31.4 Å². The summed E-state index contributed by atoms with van der Waals surface area (Å²) in [5.74, 6) is -0.221. The molecule has 0 atom stereocenters. The first-order valence-corrected chi connectivity index (χ1v) is 7.60. The first-order chi connectivity index (χ1) is 10.6. The van der Waals surface area contributed by atoms with E-state index in [0.717, 1.165) is 24.1 Å². The normalized spacial score (nSPS) is 14.5. The molecule has 4 heteroatoms. The molecule has 1 aromatic carbocycles. The Morgan fingerprint density at radius 1 is 1.32 bits per heavy atom. The molecule has 0 saturated heterocycles. The van der Waals surface area contributed by atoms with E-state index in [-0.39, 0.29) is 11.7 Å². The minimum atomic E-state index is -0.244. The Morgan fingerprint density at radius 3 is 2.73 bits per heavy atom. The number of aromatic nitrogens is 1. The van der Waals surface area contributed by atoms with Gasteiger partial charge in [-0.3, -0.25) is 9.78 Å². The Balaban J connectivity index is 1.68. The zero-order valence-electron chi connectivity index (χ0n) is 12.6. The third-order valence-corrected chi connectivity index (χ3v) is 4.29. The monoisotopic (exact) mass is 298 g/mol. The van der Waals surface area contributed by atoms with Crippen LogP contribution in [0.1, 0.15) is 40.9 Å². The van der Waals surface area contributed by atoms with Crippen molar-refractivity contribution in [3.63, 3.8) is 0 Å². The molecule has 1 aliphatic rings. The molecule has 22 heavy (non-hydrogen) atoms.